The Labute approximate surface area is 154 Å². The van der Waals surface area contributed by atoms with E-state index in [4.69, 9.17) is 14.2 Å². The number of esters is 1. The molecule has 0 unspecified atom stereocenters. The molecule has 2 aliphatic rings. The van der Waals surface area contributed by atoms with Crippen LogP contribution in [0.25, 0.3) is 0 Å². The summed E-state index contributed by atoms with van der Waals surface area (Å²) in [4.78, 5) is 11.5. The highest BCUT2D eigenvalue weighted by Gasteiger charge is 2.46. The molecule has 1 heterocycles. The smallest absolute Gasteiger partial charge is 0.302 e. The lowest BCUT2D eigenvalue weighted by atomic mass is 9.91. The van der Waals surface area contributed by atoms with Crippen molar-refractivity contribution in [3.63, 3.8) is 0 Å². The van der Waals surface area contributed by atoms with Crippen LogP contribution in [0.4, 0.5) is 0 Å². The zero-order chi connectivity index (χ0) is 18.0. The molecule has 1 aromatic carbocycles. The number of hydrogen-bond acceptors (Lipinski definition) is 5. The van der Waals surface area contributed by atoms with Gasteiger partial charge in [-0.3, -0.25) is 4.79 Å². The Morgan fingerprint density at radius 1 is 1.24 bits per heavy atom. The summed E-state index contributed by atoms with van der Waals surface area (Å²) < 4.78 is 17.4. The summed E-state index contributed by atoms with van der Waals surface area (Å²) in [5, 5.41) is 0.191. The van der Waals surface area contributed by atoms with E-state index in [1.807, 2.05) is 11.8 Å². The SMILES string of the molecule is CC(=O)O[C@@H]1CCC2(C[C@H]1SCc1c(C)cc(C)cc1C)OCCO2. The minimum atomic E-state index is -0.467. The fourth-order valence-electron chi connectivity index (χ4n) is 3.99. The van der Waals surface area contributed by atoms with Crippen molar-refractivity contribution in [3.8, 4) is 0 Å². The van der Waals surface area contributed by atoms with E-state index in [0.717, 1.165) is 25.0 Å². The summed E-state index contributed by atoms with van der Waals surface area (Å²) in [5.41, 5.74) is 5.33. The molecule has 0 radical (unpaired) electrons. The maximum absolute atomic E-state index is 11.5. The van der Waals surface area contributed by atoms with Gasteiger partial charge in [-0.2, -0.15) is 0 Å². The highest BCUT2D eigenvalue weighted by atomic mass is 32.2. The van der Waals surface area contributed by atoms with Gasteiger partial charge in [0.05, 0.1) is 13.2 Å². The van der Waals surface area contributed by atoms with E-state index in [1.165, 1.54) is 29.2 Å². The second kappa shape index (κ2) is 7.68. The van der Waals surface area contributed by atoms with Crippen LogP contribution in [0.1, 0.15) is 48.4 Å². The summed E-state index contributed by atoms with van der Waals surface area (Å²) in [7, 11) is 0. The van der Waals surface area contributed by atoms with Crippen LogP contribution in [0, 0.1) is 20.8 Å². The summed E-state index contributed by atoms with van der Waals surface area (Å²) in [6, 6.07) is 4.47. The second-order valence-electron chi connectivity index (χ2n) is 7.23. The zero-order valence-electron chi connectivity index (χ0n) is 15.6. The number of hydrogen-bond donors (Lipinski definition) is 0. The van der Waals surface area contributed by atoms with Crippen LogP contribution < -0.4 is 0 Å². The third-order valence-corrected chi connectivity index (χ3v) is 6.50. The monoisotopic (exact) mass is 364 g/mol. The van der Waals surface area contributed by atoms with Crippen LogP contribution in [-0.4, -0.2) is 36.3 Å². The van der Waals surface area contributed by atoms with Gasteiger partial charge in [0.25, 0.3) is 0 Å². The average Bonchev–Trinajstić information content (AvgIpc) is 2.96. The first-order valence-corrected chi connectivity index (χ1v) is 10.1. The van der Waals surface area contributed by atoms with Gasteiger partial charge in [0.15, 0.2) is 5.79 Å². The van der Waals surface area contributed by atoms with Crippen molar-refractivity contribution in [1.29, 1.82) is 0 Å². The zero-order valence-corrected chi connectivity index (χ0v) is 16.4. The molecule has 0 N–H and O–H groups in total. The second-order valence-corrected chi connectivity index (χ2v) is 8.45. The Kier molecular flexibility index (Phi) is 5.76. The predicted octanol–water partition coefficient (Wildman–Crippen LogP) is 4.07. The molecule has 1 aliphatic heterocycles. The van der Waals surface area contributed by atoms with Gasteiger partial charge in [0.1, 0.15) is 6.10 Å². The minimum Gasteiger partial charge on any atom is -0.461 e. The fraction of sp³-hybridized carbons (Fsp3) is 0.650. The first kappa shape index (κ1) is 18.7. The topological polar surface area (TPSA) is 44.8 Å². The number of benzene rings is 1. The van der Waals surface area contributed by atoms with Crippen LogP contribution in [0.2, 0.25) is 0 Å². The van der Waals surface area contributed by atoms with Gasteiger partial charge in [-0.05, 0) is 43.9 Å². The summed E-state index contributed by atoms with van der Waals surface area (Å²) in [6.07, 6.45) is 2.31. The lowest BCUT2D eigenvalue weighted by molar-refractivity contribution is -0.192. The molecule has 1 saturated heterocycles. The first-order chi connectivity index (χ1) is 11.9. The Morgan fingerprint density at radius 2 is 1.88 bits per heavy atom. The van der Waals surface area contributed by atoms with Crippen LogP contribution in [0.3, 0.4) is 0 Å². The van der Waals surface area contributed by atoms with Gasteiger partial charge < -0.3 is 14.2 Å². The molecule has 2 atom stereocenters. The molecule has 1 saturated carbocycles. The van der Waals surface area contributed by atoms with Crippen LogP contribution in [0.5, 0.6) is 0 Å². The number of carbonyl (C=O) groups is 1. The summed E-state index contributed by atoms with van der Waals surface area (Å²) in [6.45, 7) is 9.28. The van der Waals surface area contributed by atoms with E-state index in [0.29, 0.717) is 13.2 Å². The van der Waals surface area contributed by atoms with Crippen molar-refractivity contribution in [3.05, 3.63) is 34.4 Å². The standard InChI is InChI=1S/C20H28O4S/c1-13-9-14(2)17(15(3)10-13)12-25-19-11-20(22-7-8-23-20)6-5-18(19)24-16(4)21/h9-10,18-19H,5-8,11-12H2,1-4H3/t18-,19-/m1/s1. The van der Waals surface area contributed by atoms with Gasteiger partial charge in [0, 0.05) is 30.8 Å². The Morgan fingerprint density at radius 3 is 2.48 bits per heavy atom. The number of carbonyl (C=O) groups excluding carboxylic acids is 1. The third kappa shape index (κ3) is 4.39. The molecule has 25 heavy (non-hydrogen) atoms. The average molecular weight is 365 g/mol. The lowest BCUT2D eigenvalue weighted by Crippen LogP contribution is -2.45. The number of aryl methyl sites for hydroxylation is 3. The van der Waals surface area contributed by atoms with E-state index in [-0.39, 0.29) is 17.3 Å². The minimum absolute atomic E-state index is 0.0630. The Bertz CT molecular complexity index is 614. The molecule has 0 bridgehead atoms. The largest absolute Gasteiger partial charge is 0.461 e. The highest BCUT2D eigenvalue weighted by Crippen LogP contribution is 2.42. The maximum Gasteiger partial charge on any atom is 0.302 e. The first-order valence-electron chi connectivity index (χ1n) is 9.02. The quantitative estimate of drug-likeness (QED) is 0.754. The van der Waals surface area contributed by atoms with Crippen LogP contribution >= 0.6 is 11.8 Å². The number of rotatable bonds is 4. The van der Waals surface area contributed by atoms with Gasteiger partial charge in [-0.15, -0.1) is 11.8 Å². The molecule has 4 nitrogen and oxygen atoms in total. The van der Waals surface area contributed by atoms with Crippen molar-refractivity contribution >= 4 is 17.7 Å². The summed E-state index contributed by atoms with van der Waals surface area (Å²) >= 11 is 1.86. The molecule has 3 rings (SSSR count). The molecule has 2 fully saturated rings. The van der Waals surface area contributed by atoms with E-state index in [9.17, 15) is 4.79 Å². The van der Waals surface area contributed by atoms with Gasteiger partial charge >= 0.3 is 5.97 Å². The number of ether oxygens (including phenoxy) is 3. The normalized spacial score (nSPS) is 25.3. The van der Waals surface area contributed by atoms with Crippen LogP contribution in [0.15, 0.2) is 12.1 Å². The molecular weight excluding hydrogens is 336 g/mol. The van der Waals surface area contributed by atoms with Crippen molar-refractivity contribution in [2.45, 2.75) is 69.9 Å². The van der Waals surface area contributed by atoms with Crippen molar-refractivity contribution in [2.24, 2.45) is 0 Å². The van der Waals surface area contributed by atoms with Crippen molar-refractivity contribution in [2.75, 3.05) is 13.2 Å². The molecule has 5 heteroatoms. The van der Waals surface area contributed by atoms with Gasteiger partial charge in [0.2, 0.25) is 0 Å². The van der Waals surface area contributed by atoms with E-state index >= 15 is 0 Å². The fourth-order valence-corrected chi connectivity index (χ4v) is 5.60. The van der Waals surface area contributed by atoms with Gasteiger partial charge in [-0.25, -0.2) is 0 Å². The molecule has 1 aliphatic carbocycles. The van der Waals surface area contributed by atoms with Gasteiger partial charge in [-0.1, -0.05) is 17.7 Å². The number of thioether (sulfide) groups is 1. The molecule has 0 amide bonds. The predicted molar refractivity (Wildman–Crippen MR) is 99.8 cm³/mol. The molecule has 0 aromatic heterocycles. The van der Waals surface area contributed by atoms with Crippen LogP contribution in [-0.2, 0) is 24.8 Å². The summed E-state index contributed by atoms with van der Waals surface area (Å²) in [5.74, 6) is 0.241. The highest BCUT2D eigenvalue weighted by molar-refractivity contribution is 7.99. The van der Waals surface area contributed by atoms with E-state index < -0.39 is 5.79 Å². The molecule has 1 aromatic rings. The van der Waals surface area contributed by atoms with Crippen molar-refractivity contribution in [1.82, 2.24) is 0 Å². The lowest BCUT2D eigenvalue weighted by Gasteiger charge is -2.40. The molecular formula is C20H28O4S. The maximum atomic E-state index is 11.5. The molecule has 1 spiro atoms. The van der Waals surface area contributed by atoms with E-state index in [2.05, 4.69) is 32.9 Å². The van der Waals surface area contributed by atoms with E-state index in [1.54, 1.807) is 0 Å². The van der Waals surface area contributed by atoms with Crippen molar-refractivity contribution < 1.29 is 19.0 Å². The Balaban J connectivity index is 1.73. The molecule has 138 valence electrons. The Hall–Kier alpha value is -1.04. The third-order valence-electron chi connectivity index (χ3n) is 5.15.